The lowest BCUT2D eigenvalue weighted by molar-refractivity contribution is 0.0696. The Kier molecular flexibility index (Phi) is 7.02. The van der Waals surface area contributed by atoms with Crippen molar-refractivity contribution in [3.63, 3.8) is 0 Å². The summed E-state index contributed by atoms with van der Waals surface area (Å²) < 4.78 is 10.9. The molecule has 21 heavy (non-hydrogen) atoms. The highest BCUT2D eigenvalue weighted by molar-refractivity contribution is 5.88. The molecule has 0 unspecified atom stereocenters. The molecule has 1 N–H and O–H groups in total. The average Bonchev–Trinajstić information content (AvgIpc) is 2.46. The number of hydrogen-bond acceptors (Lipinski definition) is 4. The van der Waals surface area contributed by atoms with Gasteiger partial charge in [0, 0.05) is 12.6 Å². The minimum atomic E-state index is -0.978. The third-order valence-electron chi connectivity index (χ3n) is 3.29. The Bertz CT molecular complexity index is 460. The molecule has 0 aromatic heterocycles. The van der Waals surface area contributed by atoms with Crippen molar-refractivity contribution in [3.8, 4) is 11.5 Å². The van der Waals surface area contributed by atoms with Crippen LogP contribution in [0, 0.1) is 0 Å². The van der Waals surface area contributed by atoms with E-state index in [4.69, 9.17) is 14.6 Å². The van der Waals surface area contributed by atoms with Crippen molar-refractivity contribution in [2.45, 2.75) is 33.2 Å². The molecule has 1 rings (SSSR count). The second-order valence-electron chi connectivity index (χ2n) is 5.15. The number of nitrogens with zero attached hydrogens (tertiary/aromatic N) is 1. The summed E-state index contributed by atoms with van der Waals surface area (Å²) in [5.74, 6) is 0.0398. The molecule has 0 fully saturated rings. The lowest BCUT2D eigenvalue weighted by Gasteiger charge is -2.25. The lowest BCUT2D eigenvalue weighted by Crippen LogP contribution is -2.35. The van der Waals surface area contributed by atoms with Gasteiger partial charge in [0.15, 0.2) is 11.5 Å². The minimum Gasteiger partial charge on any atom is -0.493 e. The molecule has 0 spiro atoms. The van der Waals surface area contributed by atoms with Crippen molar-refractivity contribution in [1.29, 1.82) is 0 Å². The zero-order valence-corrected chi connectivity index (χ0v) is 13.3. The molecule has 0 aliphatic carbocycles. The number of methoxy groups -OCH3 is 1. The lowest BCUT2D eigenvalue weighted by atomic mass is 10.2. The van der Waals surface area contributed by atoms with Crippen molar-refractivity contribution in [3.05, 3.63) is 23.8 Å². The van der Waals surface area contributed by atoms with Crippen LogP contribution < -0.4 is 9.47 Å². The Morgan fingerprint density at radius 1 is 1.29 bits per heavy atom. The van der Waals surface area contributed by atoms with Crippen LogP contribution in [0.3, 0.4) is 0 Å². The average molecular weight is 295 g/mol. The number of aromatic carboxylic acids is 1. The van der Waals surface area contributed by atoms with Gasteiger partial charge in [-0.3, -0.25) is 4.90 Å². The van der Waals surface area contributed by atoms with Crippen molar-refractivity contribution in [1.82, 2.24) is 4.90 Å². The van der Waals surface area contributed by atoms with Crippen LogP contribution in [0.25, 0.3) is 0 Å². The normalized spacial score (nSPS) is 11.0. The van der Waals surface area contributed by atoms with E-state index in [-0.39, 0.29) is 5.56 Å². The Hall–Kier alpha value is -1.75. The smallest absolute Gasteiger partial charge is 0.335 e. The topological polar surface area (TPSA) is 59.0 Å². The highest BCUT2D eigenvalue weighted by atomic mass is 16.5. The van der Waals surface area contributed by atoms with Gasteiger partial charge in [-0.05, 0) is 45.0 Å². The maximum absolute atomic E-state index is 10.9. The monoisotopic (exact) mass is 295 g/mol. The fourth-order valence-corrected chi connectivity index (χ4v) is 2.11. The van der Waals surface area contributed by atoms with Crippen LogP contribution in [0.1, 0.15) is 37.6 Å². The Morgan fingerprint density at radius 2 is 2.00 bits per heavy atom. The fraction of sp³-hybridized carbons (Fsp3) is 0.562. The first-order valence-electron chi connectivity index (χ1n) is 7.27. The molecule has 1 aromatic carbocycles. The van der Waals surface area contributed by atoms with E-state index in [2.05, 4.69) is 25.7 Å². The fourth-order valence-electron chi connectivity index (χ4n) is 2.11. The molecule has 0 aliphatic heterocycles. The number of hydrogen-bond donors (Lipinski definition) is 1. The molecule has 5 nitrogen and oxygen atoms in total. The van der Waals surface area contributed by atoms with E-state index in [1.54, 1.807) is 6.07 Å². The summed E-state index contributed by atoms with van der Waals surface area (Å²) in [6.07, 6.45) is 1.11. The quantitative estimate of drug-likeness (QED) is 0.759. The van der Waals surface area contributed by atoms with Gasteiger partial charge in [-0.2, -0.15) is 0 Å². The molecule has 0 saturated heterocycles. The summed E-state index contributed by atoms with van der Waals surface area (Å²) in [5.41, 5.74) is 0.189. The molecular weight excluding hydrogens is 270 g/mol. The Labute approximate surface area is 126 Å². The van der Waals surface area contributed by atoms with Gasteiger partial charge < -0.3 is 14.6 Å². The van der Waals surface area contributed by atoms with Crippen LogP contribution >= 0.6 is 0 Å². The van der Waals surface area contributed by atoms with Gasteiger partial charge >= 0.3 is 5.97 Å². The Balaban J connectivity index is 2.64. The first-order valence-corrected chi connectivity index (χ1v) is 7.27. The second kappa shape index (κ2) is 8.52. The standard InChI is InChI=1S/C16H25NO4/c1-5-8-17(12(2)3)9-10-21-14-7-6-13(16(18)19)11-15(14)20-4/h6-7,11-12H,5,8-10H2,1-4H3,(H,18,19). The highest BCUT2D eigenvalue weighted by Gasteiger charge is 2.12. The highest BCUT2D eigenvalue weighted by Crippen LogP contribution is 2.28. The van der Waals surface area contributed by atoms with E-state index in [1.807, 2.05) is 0 Å². The largest absolute Gasteiger partial charge is 0.493 e. The number of rotatable bonds is 9. The summed E-state index contributed by atoms with van der Waals surface area (Å²) in [4.78, 5) is 13.3. The summed E-state index contributed by atoms with van der Waals surface area (Å²) in [6.45, 7) is 8.89. The van der Waals surface area contributed by atoms with E-state index in [0.717, 1.165) is 19.5 Å². The number of carboxylic acids is 1. The summed E-state index contributed by atoms with van der Waals surface area (Å²) in [5, 5.41) is 8.96. The van der Waals surface area contributed by atoms with Crippen LogP contribution in [-0.2, 0) is 0 Å². The summed E-state index contributed by atoms with van der Waals surface area (Å²) in [6, 6.07) is 5.11. The maximum atomic E-state index is 10.9. The SMILES string of the molecule is CCCN(CCOc1ccc(C(=O)O)cc1OC)C(C)C. The van der Waals surface area contributed by atoms with Crippen molar-refractivity contribution >= 4 is 5.97 Å². The zero-order chi connectivity index (χ0) is 15.8. The van der Waals surface area contributed by atoms with E-state index in [0.29, 0.717) is 24.1 Å². The third-order valence-corrected chi connectivity index (χ3v) is 3.29. The number of carbonyl (C=O) groups is 1. The molecule has 0 radical (unpaired) electrons. The summed E-state index contributed by atoms with van der Waals surface area (Å²) in [7, 11) is 1.51. The Morgan fingerprint density at radius 3 is 2.52 bits per heavy atom. The van der Waals surface area contributed by atoms with Crippen molar-refractivity contribution < 1.29 is 19.4 Å². The summed E-state index contributed by atoms with van der Waals surface area (Å²) >= 11 is 0. The van der Waals surface area contributed by atoms with Gasteiger partial charge in [0.05, 0.1) is 12.7 Å². The zero-order valence-electron chi connectivity index (χ0n) is 13.3. The third kappa shape index (κ3) is 5.27. The van der Waals surface area contributed by atoms with Crippen LogP contribution in [0.5, 0.6) is 11.5 Å². The first kappa shape index (κ1) is 17.3. The molecule has 0 bridgehead atoms. The number of carboxylic acid groups (broad SMARTS) is 1. The van der Waals surface area contributed by atoms with Gasteiger partial charge in [-0.15, -0.1) is 0 Å². The van der Waals surface area contributed by atoms with Gasteiger partial charge in [-0.25, -0.2) is 4.79 Å². The molecule has 0 saturated carbocycles. The van der Waals surface area contributed by atoms with Crippen molar-refractivity contribution in [2.75, 3.05) is 26.8 Å². The number of benzene rings is 1. The van der Waals surface area contributed by atoms with Gasteiger partial charge in [-0.1, -0.05) is 6.92 Å². The van der Waals surface area contributed by atoms with E-state index in [9.17, 15) is 4.79 Å². The van der Waals surface area contributed by atoms with Crippen LogP contribution in [-0.4, -0.2) is 48.8 Å². The molecule has 118 valence electrons. The predicted molar refractivity (Wildman–Crippen MR) is 82.4 cm³/mol. The molecule has 0 atom stereocenters. The van der Waals surface area contributed by atoms with Gasteiger partial charge in [0.2, 0.25) is 0 Å². The predicted octanol–water partition coefficient (Wildman–Crippen LogP) is 2.89. The molecule has 0 aliphatic rings. The van der Waals surface area contributed by atoms with E-state index < -0.39 is 5.97 Å². The van der Waals surface area contributed by atoms with Gasteiger partial charge in [0.25, 0.3) is 0 Å². The van der Waals surface area contributed by atoms with E-state index >= 15 is 0 Å². The van der Waals surface area contributed by atoms with Crippen molar-refractivity contribution in [2.24, 2.45) is 0 Å². The molecule has 0 heterocycles. The molecule has 0 amide bonds. The van der Waals surface area contributed by atoms with Gasteiger partial charge in [0.1, 0.15) is 6.61 Å². The van der Waals surface area contributed by atoms with E-state index in [1.165, 1.54) is 19.2 Å². The maximum Gasteiger partial charge on any atom is 0.335 e. The minimum absolute atomic E-state index is 0.189. The van der Waals surface area contributed by atoms with Crippen LogP contribution in [0.2, 0.25) is 0 Å². The molecule has 1 aromatic rings. The number of ether oxygens (including phenoxy) is 2. The van der Waals surface area contributed by atoms with Crippen LogP contribution in [0.4, 0.5) is 0 Å². The molecule has 5 heteroatoms. The first-order chi connectivity index (χ1) is 9.99. The molecular formula is C16H25NO4. The van der Waals surface area contributed by atoms with Crippen LogP contribution in [0.15, 0.2) is 18.2 Å². The second-order valence-corrected chi connectivity index (χ2v) is 5.15.